The Kier molecular flexibility index (Phi) is 3.24. The molecule has 1 aromatic heterocycles. The number of rotatable bonds is 2. The van der Waals surface area contributed by atoms with Gasteiger partial charge in [-0.3, -0.25) is 4.79 Å². The number of nitrogens with zero attached hydrogens (tertiary/aromatic N) is 3. The number of hydrogen-bond acceptors (Lipinski definition) is 3. The number of piperidine rings is 1. The van der Waals surface area contributed by atoms with Gasteiger partial charge in [-0.2, -0.15) is 0 Å². The highest BCUT2D eigenvalue weighted by atomic mass is 16.2. The van der Waals surface area contributed by atoms with Crippen molar-refractivity contribution in [1.82, 2.24) is 14.5 Å². The summed E-state index contributed by atoms with van der Waals surface area (Å²) < 4.78 is 1.76. The minimum absolute atomic E-state index is 0.0191. The van der Waals surface area contributed by atoms with E-state index in [1.54, 1.807) is 17.0 Å². The van der Waals surface area contributed by atoms with Crippen LogP contribution in [0.2, 0.25) is 0 Å². The Morgan fingerprint density at radius 1 is 1.69 bits per heavy atom. The fourth-order valence-corrected chi connectivity index (χ4v) is 2.16. The van der Waals surface area contributed by atoms with E-state index in [9.17, 15) is 4.79 Å². The Bertz CT molecular complexity index is 374. The number of aromatic nitrogens is 2. The number of imidazole rings is 1. The van der Waals surface area contributed by atoms with Crippen LogP contribution in [0, 0.1) is 5.92 Å². The number of nitrogens with two attached hydrogens (primary N) is 1. The molecule has 1 atom stereocenters. The summed E-state index contributed by atoms with van der Waals surface area (Å²) in [6.45, 7) is 2.24. The standard InChI is InChI=1S/C11H18N4O/c1-14-6-4-13-10(14)11(16)15-5-2-3-9(7-12)8-15/h4,6,9H,2-3,5,7-8,12H2,1H3. The molecule has 0 spiro atoms. The first-order valence-electron chi connectivity index (χ1n) is 5.69. The fraction of sp³-hybridized carbons (Fsp3) is 0.636. The maximum atomic E-state index is 12.1. The van der Waals surface area contributed by atoms with Crippen molar-refractivity contribution in [2.45, 2.75) is 12.8 Å². The van der Waals surface area contributed by atoms with Gasteiger partial charge in [0.2, 0.25) is 0 Å². The van der Waals surface area contributed by atoms with E-state index >= 15 is 0 Å². The van der Waals surface area contributed by atoms with Gasteiger partial charge in [0.1, 0.15) is 0 Å². The van der Waals surface area contributed by atoms with Crippen LogP contribution < -0.4 is 5.73 Å². The van der Waals surface area contributed by atoms with Crippen molar-refractivity contribution in [1.29, 1.82) is 0 Å². The lowest BCUT2D eigenvalue weighted by Crippen LogP contribution is -2.42. The number of amides is 1. The zero-order chi connectivity index (χ0) is 11.5. The van der Waals surface area contributed by atoms with Gasteiger partial charge in [0, 0.05) is 32.5 Å². The Morgan fingerprint density at radius 3 is 3.12 bits per heavy atom. The van der Waals surface area contributed by atoms with Crippen LogP contribution in [-0.2, 0) is 7.05 Å². The molecule has 1 aromatic rings. The van der Waals surface area contributed by atoms with Gasteiger partial charge in [0.25, 0.3) is 5.91 Å². The van der Waals surface area contributed by atoms with E-state index in [1.165, 1.54) is 0 Å². The molecule has 0 saturated carbocycles. The number of hydrogen-bond donors (Lipinski definition) is 1. The summed E-state index contributed by atoms with van der Waals surface area (Å²) in [5.41, 5.74) is 5.66. The third-order valence-electron chi connectivity index (χ3n) is 3.15. The van der Waals surface area contributed by atoms with Gasteiger partial charge in [0.15, 0.2) is 5.82 Å². The van der Waals surface area contributed by atoms with E-state index < -0.39 is 0 Å². The zero-order valence-corrected chi connectivity index (χ0v) is 9.59. The summed E-state index contributed by atoms with van der Waals surface area (Å²) in [5, 5.41) is 0. The second-order valence-corrected chi connectivity index (χ2v) is 4.36. The highest BCUT2D eigenvalue weighted by molar-refractivity contribution is 5.90. The zero-order valence-electron chi connectivity index (χ0n) is 9.59. The van der Waals surface area contributed by atoms with Gasteiger partial charge in [-0.15, -0.1) is 0 Å². The van der Waals surface area contributed by atoms with Crippen LogP contribution in [0.4, 0.5) is 0 Å². The molecule has 0 aromatic carbocycles. The molecule has 1 amide bonds. The fourth-order valence-electron chi connectivity index (χ4n) is 2.16. The molecule has 1 aliphatic heterocycles. The molecule has 5 nitrogen and oxygen atoms in total. The lowest BCUT2D eigenvalue weighted by Gasteiger charge is -2.31. The van der Waals surface area contributed by atoms with Crippen LogP contribution in [0.3, 0.4) is 0 Å². The van der Waals surface area contributed by atoms with Crippen LogP contribution >= 0.6 is 0 Å². The van der Waals surface area contributed by atoms with E-state index in [2.05, 4.69) is 4.98 Å². The number of carbonyl (C=O) groups excluding carboxylic acids is 1. The molecule has 1 fully saturated rings. The van der Waals surface area contributed by atoms with Gasteiger partial charge in [0.05, 0.1) is 0 Å². The molecule has 5 heteroatoms. The summed E-state index contributed by atoms with van der Waals surface area (Å²) in [5.74, 6) is 0.973. The van der Waals surface area contributed by atoms with Crippen LogP contribution in [-0.4, -0.2) is 40.0 Å². The summed E-state index contributed by atoms with van der Waals surface area (Å²) in [6, 6.07) is 0. The molecule has 16 heavy (non-hydrogen) atoms. The number of likely N-dealkylation sites (tertiary alicyclic amines) is 1. The van der Waals surface area contributed by atoms with Crippen molar-refractivity contribution in [2.24, 2.45) is 18.7 Å². The van der Waals surface area contributed by atoms with Gasteiger partial charge in [-0.25, -0.2) is 4.98 Å². The number of carbonyl (C=O) groups is 1. The maximum absolute atomic E-state index is 12.1. The first-order chi connectivity index (χ1) is 7.72. The summed E-state index contributed by atoms with van der Waals surface area (Å²) >= 11 is 0. The number of aryl methyl sites for hydroxylation is 1. The molecule has 1 aliphatic rings. The average molecular weight is 222 g/mol. The van der Waals surface area contributed by atoms with E-state index in [-0.39, 0.29) is 5.91 Å². The van der Waals surface area contributed by atoms with Crippen molar-refractivity contribution in [3.05, 3.63) is 18.2 Å². The lowest BCUT2D eigenvalue weighted by atomic mass is 9.98. The van der Waals surface area contributed by atoms with Crippen LogP contribution in [0.5, 0.6) is 0 Å². The molecular weight excluding hydrogens is 204 g/mol. The topological polar surface area (TPSA) is 64.2 Å². The second-order valence-electron chi connectivity index (χ2n) is 4.36. The molecule has 88 valence electrons. The van der Waals surface area contributed by atoms with E-state index in [0.717, 1.165) is 25.9 Å². The van der Waals surface area contributed by atoms with Gasteiger partial charge >= 0.3 is 0 Å². The summed E-state index contributed by atoms with van der Waals surface area (Å²) in [6.07, 6.45) is 5.61. The summed E-state index contributed by atoms with van der Waals surface area (Å²) in [4.78, 5) is 18.1. The lowest BCUT2D eigenvalue weighted by molar-refractivity contribution is 0.0662. The van der Waals surface area contributed by atoms with E-state index in [4.69, 9.17) is 5.73 Å². The molecule has 0 bridgehead atoms. The predicted octanol–water partition coefficient (Wildman–Crippen LogP) is 0.231. The third kappa shape index (κ3) is 2.09. The van der Waals surface area contributed by atoms with Crippen LogP contribution in [0.25, 0.3) is 0 Å². The smallest absolute Gasteiger partial charge is 0.289 e. The van der Waals surface area contributed by atoms with Crippen molar-refractivity contribution in [3.63, 3.8) is 0 Å². The van der Waals surface area contributed by atoms with Crippen molar-refractivity contribution >= 4 is 5.91 Å². The molecule has 1 unspecified atom stereocenters. The highest BCUT2D eigenvalue weighted by Crippen LogP contribution is 2.16. The SMILES string of the molecule is Cn1ccnc1C(=O)N1CCCC(CN)C1. The predicted molar refractivity (Wildman–Crippen MR) is 60.9 cm³/mol. The van der Waals surface area contributed by atoms with E-state index in [1.807, 2.05) is 11.9 Å². The molecule has 0 radical (unpaired) electrons. The van der Waals surface area contributed by atoms with Gasteiger partial charge < -0.3 is 15.2 Å². The minimum atomic E-state index is 0.0191. The molecular formula is C11H18N4O. The van der Waals surface area contributed by atoms with Crippen LogP contribution in [0.1, 0.15) is 23.5 Å². The van der Waals surface area contributed by atoms with Crippen molar-refractivity contribution in [2.75, 3.05) is 19.6 Å². The minimum Gasteiger partial charge on any atom is -0.336 e. The second kappa shape index (κ2) is 4.65. The molecule has 2 heterocycles. The highest BCUT2D eigenvalue weighted by Gasteiger charge is 2.25. The molecule has 0 aliphatic carbocycles. The van der Waals surface area contributed by atoms with Crippen molar-refractivity contribution in [3.8, 4) is 0 Å². The maximum Gasteiger partial charge on any atom is 0.289 e. The average Bonchev–Trinajstić information content (AvgIpc) is 2.74. The molecule has 1 saturated heterocycles. The Hall–Kier alpha value is -1.36. The monoisotopic (exact) mass is 222 g/mol. The first kappa shape index (κ1) is 11.1. The van der Waals surface area contributed by atoms with Crippen molar-refractivity contribution < 1.29 is 4.79 Å². The first-order valence-corrected chi connectivity index (χ1v) is 5.69. The normalized spacial score (nSPS) is 21.1. The van der Waals surface area contributed by atoms with E-state index in [0.29, 0.717) is 18.3 Å². The van der Waals surface area contributed by atoms with Gasteiger partial charge in [-0.05, 0) is 25.3 Å². The van der Waals surface area contributed by atoms with Gasteiger partial charge in [-0.1, -0.05) is 0 Å². The summed E-state index contributed by atoms with van der Waals surface area (Å²) in [7, 11) is 1.84. The Labute approximate surface area is 95.2 Å². The molecule has 2 rings (SSSR count). The Balaban J connectivity index is 2.07. The third-order valence-corrected chi connectivity index (χ3v) is 3.15. The van der Waals surface area contributed by atoms with Crippen LogP contribution in [0.15, 0.2) is 12.4 Å². The Morgan fingerprint density at radius 2 is 2.50 bits per heavy atom. The largest absolute Gasteiger partial charge is 0.336 e. The quantitative estimate of drug-likeness (QED) is 0.779. The molecule has 2 N–H and O–H groups in total.